The Morgan fingerprint density at radius 2 is 1.45 bits per heavy atom. The molecule has 0 aliphatic heterocycles. The minimum absolute atomic E-state index is 0.225. The van der Waals surface area contributed by atoms with Gasteiger partial charge in [-0.3, -0.25) is 4.72 Å². The van der Waals surface area contributed by atoms with E-state index in [1.807, 2.05) is 31.2 Å². The molecule has 7 heteroatoms. The molecule has 2 amide bonds. The van der Waals surface area contributed by atoms with E-state index in [2.05, 4.69) is 15.4 Å². The maximum absolute atomic E-state index is 12.8. The number of hydrogen-bond acceptors (Lipinski definition) is 3. The van der Waals surface area contributed by atoms with Gasteiger partial charge in [0, 0.05) is 11.4 Å². The third kappa shape index (κ3) is 5.14. The van der Waals surface area contributed by atoms with Crippen molar-refractivity contribution in [1.82, 2.24) is 0 Å². The summed E-state index contributed by atoms with van der Waals surface area (Å²) in [5, 5.41) is 5.44. The molecule has 0 spiro atoms. The van der Waals surface area contributed by atoms with Gasteiger partial charge in [0.25, 0.3) is 10.0 Å². The van der Waals surface area contributed by atoms with Crippen molar-refractivity contribution in [3.05, 3.63) is 83.4 Å². The van der Waals surface area contributed by atoms with E-state index >= 15 is 0 Å². The first-order valence-corrected chi connectivity index (χ1v) is 10.6. The molecule has 150 valence electrons. The van der Waals surface area contributed by atoms with Gasteiger partial charge in [0.05, 0.1) is 10.6 Å². The van der Waals surface area contributed by atoms with Crippen LogP contribution in [0, 0.1) is 20.8 Å². The van der Waals surface area contributed by atoms with E-state index in [1.165, 1.54) is 0 Å². The Labute approximate surface area is 171 Å². The molecule has 0 fully saturated rings. The van der Waals surface area contributed by atoms with Crippen molar-refractivity contribution in [3.63, 3.8) is 0 Å². The number of nitrogens with one attached hydrogen (secondary N) is 3. The summed E-state index contributed by atoms with van der Waals surface area (Å²) in [7, 11) is -3.76. The Morgan fingerprint density at radius 1 is 0.759 bits per heavy atom. The summed E-state index contributed by atoms with van der Waals surface area (Å²) in [4.78, 5) is 12.4. The molecule has 0 heterocycles. The lowest BCUT2D eigenvalue weighted by Crippen LogP contribution is -2.20. The molecule has 29 heavy (non-hydrogen) atoms. The Morgan fingerprint density at radius 3 is 2.14 bits per heavy atom. The standard InChI is InChI=1S/C22H23N3O3S/c1-15-9-12-21(17(3)13-15)29(27,28)25-20-14-19(11-10-16(20)2)24-22(26)23-18-7-5-4-6-8-18/h4-14,25H,1-3H3,(H2,23,24,26). The van der Waals surface area contributed by atoms with Crippen molar-refractivity contribution < 1.29 is 13.2 Å². The molecule has 0 aromatic heterocycles. The van der Waals surface area contributed by atoms with Crippen molar-refractivity contribution in [3.8, 4) is 0 Å². The van der Waals surface area contributed by atoms with Crippen LogP contribution in [0.2, 0.25) is 0 Å². The lowest BCUT2D eigenvalue weighted by molar-refractivity contribution is 0.262. The number of benzene rings is 3. The maximum atomic E-state index is 12.8. The van der Waals surface area contributed by atoms with E-state index in [4.69, 9.17) is 0 Å². The topological polar surface area (TPSA) is 87.3 Å². The Hall–Kier alpha value is -3.32. The van der Waals surface area contributed by atoms with E-state index in [9.17, 15) is 13.2 Å². The normalized spacial score (nSPS) is 11.0. The first kappa shape index (κ1) is 20.4. The molecule has 0 bridgehead atoms. The quantitative estimate of drug-likeness (QED) is 0.551. The summed E-state index contributed by atoms with van der Waals surface area (Å²) < 4.78 is 28.3. The van der Waals surface area contributed by atoms with E-state index < -0.39 is 16.1 Å². The molecule has 6 nitrogen and oxygen atoms in total. The minimum Gasteiger partial charge on any atom is -0.308 e. The monoisotopic (exact) mass is 409 g/mol. The lowest BCUT2D eigenvalue weighted by Gasteiger charge is -2.14. The van der Waals surface area contributed by atoms with Gasteiger partial charge in [-0.15, -0.1) is 0 Å². The molecule has 0 aliphatic carbocycles. The zero-order valence-electron chi connectivity index (χ0n) is 16.5. The molecular formula is C22H23N3O3S. The van der Waals surface area contributed by atoms with Crippen molar-refractivity contribution >= 4 is 33.1 Å². The zero-order chi connectivity index (χ0) is 21.0. The second kappa shape index (κ2) is 8.36. The minimum atomic E-state index is -3.76. The summed E-state index contributed by atoms with van der Waals surface area (Å²) >= 11 is 0. The second-order valence-electron chi connectivity index (χ2n) is 6.85. The number of aryl methyl sites for hydroxylation is 3. The fraction of sp³-hybridized carbons (Fsp3) is 0.136. The highest BCUT2D eigenvalue weighted by atomic mass is 32.2. The Kier molecular flexibility index (Phi) is 5.89. The highest BCUT2D eigenvalue weighted by molar-refractivity contribution is 7.92. The van der Waals surface area contributed by atoms with E-state index in [0.29, 0.717) is 22.6 Å². The van der Waals surface area contributed by atoms with Gasteiger partial charge in [0.1, 0.15) is 0 Å². The molecule has 0 unspecified atom stereocenters. The number of anilines is 3. The zero-order valence-corrected chi connectivity index (χ0v) is 17.3. The number of urea groups is 1. The van der Waals surface area contributed by atoms with Gasteiger partial charge in [-0.05, 0) is 62.2 Å². The maximum Gasteiger partial charge on any atom is 0.323 e. The van der Waals surface area contributed by atoms with Crippen molar-refractivity contribution in [1.29, 1.82) is 0 Å². The van der Waals surface area contributed by atoms with Crippen LogP contribution >= 0.6 is 0 Å². The fourth-order valence-corrected chi connectivity index (χ4v) is 4.27. The van der Waals surface area contributed by atoms with Gasteiger partial charge >= 0.3 is 6.03 Å². The number of amides is 2. The van der Waals surface area contributed by atoms with E-state index in [-0.39, 0.29) is 4.90 Å². The largest absolute Gasteiger partial charge is 0.323 e. The average molecular weight is 410 g/mol. The van der Waals surface area contributed by atoms with Crippen LogP contribution in [0.5, 0.6) is 0 Å². The number of hydrogen-bond donors (Lipinski definition) is 3. The smallest absolute Gasteiger partial charge is 0.308 e. The van der Waals surface area contributed by atoms with Crippen LogP contribution in [0.15, 0.2) is 71.6 Å². The van der Waals surface area contributed by atoms with Crippen LogP contribution in [-0.2, 0) is 10.0 Å². The molecule has 0 saturated carbocycles. The van der Waals surface area contributed by atoms with Crippen LogP contribution in [0.3, 0.4) is 0 Å². The summed E-state index contributed by atoms with van der Waals surface area (Å²) in [5.41, 5.74) is 3.95. The Balaban J connectivity index is 1.79. The molecule has 3 aromatic rings. The van der Waals surface area contributed by atoms with Gasteiger partial charge in [-0.25, -0.2) is 13.2 Å². The van der Waals surface area contributed by atoms with E-state index in [0.717, 1.165) is 11.1 Å². The predicted molar refractivity (Wildman–Crippen MR) is 117 cm³/mol. The van der Waals surface area contributed by atoms with Crippen LogP contribution < -0.4 is 15.4 Å². The number of rotatable bonds is 5. The highest BCUT2D eigenvalue weighted by Gasteiger charge is 2.18. The molecule has 0 atom stereocenters. The molecule has 3 rings (SSSR count). The third-order valence-corrected chi connectivity index (χ3v) is 5.92. The van der Waals surface area contributed by atoms with Crippen molar-refractivity contribution in [2.75, 3.05) is 15.4 Å². The predicted octanol–water partition coefficient (Wildman–Crippen LogP) is 5.06. The second-order valence-corrected chi connectivity index (χ2v) is 8.50. The molecule has 3 N–H and O–H groups in total. The van der Waals surface area contributed by atoms with Gasteiger partial charge in [-0.1, -0.05) is 42.0 Å². The number of sulfonamides is 1. The van der Waals surface area contributed by atoms with Gasteiger partial charge in [-0.2, -0.15) is 0 Å². The summed E-state index contributed by atoms with van der Waals surface area (Å²) in [6.45, 7) is 5.48. The first-order chi connectivity index (χ1) is 13.7. The van der Waals surface area contributed by atoms with Gasteiger partial charge in [0.15, 0.2) is 0 Å². The third-order valence-electron chi connectivity index (χ3n) is 4.39. The van der Waals surface area contributed by atoms with E-state index in [1.54, 1.807) is 56.3 Å². The summed E-state index contributed by atoms with van der Waals surface area (Å²) in [5.74, 6) is 0. The molecular weight excluding hydrogens is 386 g/mol. The van der Waals surface area contributed by atoms with Crippen LogP contribution in [0.25, 0.3) is 0 Å². The van der Waals surface area contributed by atoms with Gasteiger partial charge < -0.3 is 10.6 Å². The molecule has 0 radical (unpaired) electrons. The van der Waals surface area contributed by atoms with Crippen molar-refractivity contribution in [2.24, 2.45) is 0 Å². The SMILES string of the molecule is Cc1ccc(S(=O)(=O)Nc2cc(NC(=O)Nc3ccccc3)ccc2C)c(C)c1. The molecule has 0 aliphatic rings. The average Bonchev–Trinajstić information content (AvgIpc) is 2.64. The van der Waals surface area contributed by atoms with Crippen molar-refractivity contribution in [2.45, 2.75) is 25.7 Å². The van der Waals surface area contributed by atoms with Crippen LogP contribution in [0.1, 0.15) is 16.7 Å². The Bertz CT molecular complexity index is 1140. The van der Waals surface area contributed by atoms with Gasteiger partial charge in [0.2, 0.25) is 0 Å². The number of carbonyl (C=O) groups excluding carboxylic acids is 1. The number of para-hydroxylation sites is 1. The number of carbonyl (C=O) groups is 1. The first-order valence-electron chi connectivity index (χ1n) is 9.08. The molecule has 3 aromatic carbocycles. The van der Waals surface area contributed by atoms with Crippen LogP contribution in [-0.4, -0.2) is 14.4 Å². The summed E-state index contributed by atoms with van der Waals surface area (Å²) in [6.07, 6.45) is 0. The fourth-order valence-electron chi connectivity index (χ4n) is 2.93. The molecule has 0 saturated heterocycles. The lowest BCUT2D eigenvalue weighted by atomic mass is 10.2. The highest BCUT2D eigenvalue weighted by Crippen LogP contribution is 2.25. The van der Waals surface area contributed by atoms with Crippen LogP contribution in [0.4, 0.5) is 21.9 Å². The summed E-state index contributed by atoms with van der Waals surface area (Å²) in [6, 6.07) is 18.9.